The van der Waals surface area contributed by atoms with Crippen LogP contribution in [-0.4, -0.2) is 18.4 Å². The number of nitrogens with two attached hydrogens (primary N) is 1. The van der Waals surface area contributed by atoms with Gasteiger partial charge in [-0.05, 0) is 17.2 Å². The fraction of sp³-hybridized carbons (Fsp3) is 0.176. The highest BCUT2D eigenvalue weighted by Crippen LogP contribution is 2.10. The number of benzene rings is 2. The van der Waals surface area contributed by atoms with Crippen molar-refractivity contribution >= 4 is 17.5 Å². The number of amides is 2. The van der Waals surface area contributed by atoms with Crippen LogP contribution in [0, 0.1) is 0 Å². The Kier molecular flexibility index (Phi) is 5.68. The average Bonchev–Trinajstić information content (AvgIpc) is 2.50. The van der Waals surface area contributed by atoms with Gasteiger partial charge >= 0.3 is 0 Å². The number of carbonyl (C=O) groups excluding carboxylic acids is 2. The number of nitrogen functional groups attached to an aromatic ring is 1. The molecule has 2 amide bonds. The first-order valence-corrected chi connectivity index (χ1v) is 6.93. The van der Waals surface area contributed by atoms with E-state index in [1.165, 1.54) is 0 Å². The summed E-state index contributed by atoms with van der Waals surface area (Å²) in [7, 11) is 0. The molecule has 5 heteroatoms. The lowest BCUT2D eigenvalue weighted by atomic mass is 10.1. The predicted octanol–water partition coefficient (Wildman–Crippen LogP) is 1.67. The molecule has 0 atom stereocenters. The summed E-state index contributed by atoms with van der Waals surface area (Å²) >= 11 is 0. The molecule has 0 saturated carbocycles. The summed E-state index contributed by atoms with van der Waals surface area (Å²) in [5.41, 5.74) is 7.95. The number of rotatable bonds is 6. The minimum Gasteiger partial charge on any atom is -0.398 e. The number of imide groups is 1. The lowest BCUT2D eigenvalue weighted by Gasteiger charge is -2.07. The van der Waals surface area contributed by atoms with Crippen molar-refractivity contribution < 1.29 is 14.3 Å². The van der Waals surface area contributed by atoms with Gasteiger partial charge in [0, 0.05) is 5.69 Å². The molecular weight excluding hydrogens is 280 g/mol. The van der Waals surface area contributed by atoms with Crippen LogP contribution >= 0.6 is 0 Å². The third-order valence-electron chi connectivity index (χ3n) is 3.03. The van der Waals surface area contributed by atoms with Gasteiger partial charge < -0.3 is 10.5 Å². The molecule has 2 aromatic carbocycles. The number of para-hydroxylation sites is 1. The fourth-order valence-electron chi connectivity index (χ4n) is 1.94. The summed E-state index contributed by atoms with van der Waals surface area (Å²) in [6, 6.07) is 16.6. The Bertz CT molecular complexity index is 641. The monoisotopic (exact) mass is 298 g/mol. The van der Waals surface area contributed by atoms with Gasteiger partial charge in [-0.25, -0.2) is 0 Å². The van der Waals surface area contributed by atoms with Crippen LogP contribution in [0.4, 0.5) is 5.69 Å². The zero-order valence-corrected chi connectivity index (χ0v) is 12.1. The first kappa shape index (κ1) is 15.7. The summed E-state index contributed by atoms with van der Waals surface area (Å²) in [6.45, 7) is 0.166. The molecule has 114 valence electrons. The van der Waals surface area contributed by atoms with E-state index in [2.05, 4.69) is 5.32 Å². The predicted molar refractivity (Wildman–Crippen MR) is 83.8 cm³/mol. The van der Waals surface area contributed by atoms with Crippen molar-refractivity contribution in [3.63, 3.8) is 0 Å². The molecule has 5 nitrogen and oxygen atoms in total. The van der Waals surface area contributed by atoms with Crippen LogP contribution in [0.3, 0.4) is 0 Å². The highest BCUT2D eigenvalue weighted by atomic mass is 16.5. The zero-order chi connectivity index (χ0) is 15.8. The Balaban J connectivity index is 1.72. The van der Waals surface area contributed by atoms with Crippen LogP contribution in [-0.2, 0) is 27.4 Å². The van der Waals surface area contributed by atoms with Crippen LogP contribution in [0.2, 0.25) is 0 Å². The molecule has 0 bridgehead atoms. The highest BCUT2D eigenvalue weighted by Gasteiger charge is 2.10. The molecule has 0 aromatic heterocycles. The van der Waals surface area contributed by atoms with Gasteiger partial charge in [-0.3, -0.25) is 14.9 Å². The van der Waals surface area contributed by atoms with E-state index >= 15 is 0 Å². The Morgan fingerprint density at radius 3 is 2.36 bits per heavy atom. The van der Waals surface area contributed by atoms with Gasteiger partial charge in [-0.1, -0.05) is 48.5 Å². The van der Waals surface area contributed by atoms with Crippen molar-refractivity contribution in [1.82, 2.24) is 5.32 Å². The Labute approximate surface area is 129 Å². The quantitative estimate of drug-likeness (QED) is 0.795. The second-order valence-corrected chi connectivity index (χ2v) is 4.83. The Hall–Kier alpha value is -2.66. The van der Waals surface area contributed by atoms with Crippen LogP contribution in [0.5, 0.6) is 0 Å². The number of nitrogens with one attached hydrogen (secondary N) is 1. The van der Waals surface area contributed by atoms with Gasteiger partial charge in [0.1, 0.15) is 6.61 Å². The number of anilines is 1. The smallest absolute Gasteiger partial charge is 0.252 e. The van der Waals surface area contributed by atoms with Gasteiger partial charge in [0.15, 0.2) is 0 Å². The van der Waals surface area contributed by atoms with Gasteiger partial charge in [0.25, 0.3) is 5.91 Å². The molecule has 0 radical (unpaired) electrons. The fourth-order valence-corrected chi connectivity index (χ4v) is 1.94. The minimum atomic E-state index is -0.463. The number of carbonyl (C=O) groups is 2. The molecular formula is C17H18N2O3. The third kappa shape index (κ3) is 5.03. The molecule has 0 aliphatic carbocycles. The van der Waals surface area contributed by atoms with Gasteiger partial charge in [0.05, 0.1) is 13.0 Å². The number of hydrogen-bond acceptors (Lipinski definition) is 4. The molecule has 0 aliphatic heterocycles. The van der Waals surface area contributed by atoms with E-state index in [0.29, 0.717) is 17.9 Å². The molecule has 0 aliphatic rings. The van der Waals surface area contributed by atoms with Crippen molar-refractivity contribution in [3.05, 3.63) is 65.7 Å². The third-order valence-corrected chi connectivity index (χ3v) is 3.03. The van der Waals surface area contributed by atoms with Crippen molar-refractivity contribution in [2.45, 2.75) is 13.0 Å². The van der Waals surface area contributed by atoms with Crippen LogP contribution < -0.4 is 11.1 Å². The van der Waals surface area contributed by atoms with E-state index in [0.717, 1.165) is 5.56 Å². The molecule has 0 spiro atoms. The van der Waals surface area contributed by atoms with E-state index in [4.69, 9.17) is 10.5 Å². The summed E-state index contributed by atoms with van der Waals surface area (Å²) in [5, 5.41) is 2.28. The normalized spacial score (nSPS) is 10.2. The largest absolute Gasteiger partial charge is 0.398 e. The maximum Gasteiger partial charge on any atom is 0.252 e. The van der Waals surface area contributed by atoms with Crippen molar-refractivity contribution in [1.29, 1.82) is 0 Å². The molecule has 0 unspecified atom stereocenters. The first-order chi connectivity index (χ1) is 10.6. The molecule has 0 fully saturated rings. The van der Waals surface area contributed by atoms with Crippen LogP contribution in [0.15, 0.2) is 54.6 Å². The molecule has 3 N–H and O–H groups in total. The lowest BCUT2D eigenvalue weighted by Crippen LogP contribution is -2.34. The highest BCUT2D eigenvalue weighted by molar-refractivity contribution is 5.97. The van der Waals surface area contributed by atoms with Gasteiger partial charge in [-0.15, -0.1) is 0 Å². The van der Waals surface area contributed by atoms with Gasteiger partial charge in [-0.2, -0.15) is 0 Å². The van der Waals surface area contributed by atoms with Crippen molar-refractivity contribution in [2.75, 3.05) is 12.3 Å². The minimum absolute atomic E-state index is 0.0666. The van der Waals surface area contributed by atoms with Crippen molar-refractivity contribution in [2.24, 2.45) is 0 Å². The number of ether oxygens (including phenoxy) is 1. The van der Waals surface area contributed by atoms with Crippen LogP contribution in [0.25, 0.3) is 0 Å². The van der Waals surface area contributed by atoms with Crippen molar-refractivity contribution in [3.8, 4) is 0 Å². The molecule has 0 heterocycles. The summed E-state index contributed by atoms with van der Waals surface area (Å²) in [6.07, 6.45) is 0.0666. The summed E-state index contributed by atoms with van der Waals surface area (Å²) in [5.74, 6) is -0.860. The van der Waals surface area contributed by atoms with E-state index in [1.807, 2.05) is 30.3 Å². The molecule has 22 heavy (non-hydrogen) atoms. The summed E-state index contributed by atoms with van der Waals surface area (Å²) < 4.78 is 5.27. The maximum atomic E-state index is 11.8. The van der Waals surface area contributed by atoms with Gasteiger partial charge in [0.2, 0.25) is 5.91 Å². The van der Waals surface area contributed by atoms with Crippen LogP contribution in [0.1, 0.15) is 11.1 Å². The molecule has 2 aromatic rings. The summed E-state index contributed by atoms with van der Waals surface area (Å²) in [4.78, 5) is 23.4. The average molecular weight is 298 g/mol. The van der Waals surface area contributed by atoms with E-state index in [-0.39, 0.29) is 13.0 Å². The second kappa shape index (κ2) is 7.95. The topological polar surface area (TPSA) is 81.4 Å². The Morgan fingerprint density at radius 2 is 1.64 bits per heavy atom. The second-order valence-electron chi connectivity index (χ2n) is 4.83. The van der Waals surface area contributed by atoms with E-state index in [1.54, 1.807) is 24.3 Å². The maximum absolute atomic E-state index is 11.8. The lowest BCUT2D eigenvalue weighted by molar-refractivity contribution is -0.133. The first-order valence-electron chi connectivity index (χ1n) is 6.93. The molecule has 2 rings (SSSR count). The standard InChI is InChI=1S/C17H18N2O3/c18-15-9-5-4-8-14(15)10-16(20)19-17(21)12-22-11-13-6-2-1-3-7-13/h1-9H,10-12,18H2,(H,19,20,21). The van der Waals surface area contributed by atoms with E-state index < -0.39 is 11.8 Å². The Morgan fingerprint density at radius 1 is 0.955 bits per heavy atom. The number of hydrogen-bond donors (Lipinski definition) is 2. The van der Waals surface area contributed by atoms with E-state index in [9.17, 15) is 9.59 Å². The molecule has 0 saturated heterocycles. The SMILES string of the molecule is Nc1ccccc1CC(=O)NC(=O)COCc1ccccc1. The zero-order valence-electron chi connectivity index (χ0n) is 12.1.